The predicted octanol–water partition coefficient (Wildman–Crippen LogP) is 1.15. The number of nitrogens with zero attached hydrogens (tertiary/aromatic N) is 3. The van der Waals surface area contributed by atoms with E-state index >= 15 is 0 Å². The zero-order valence-corrected chi connectivity index (χ0v) is 12.1. The Kier molecular flexibility index (Phi) is 4.35. The van der Waals surface area contributed by atoms with Gasteiger partial charge in [-0.1, -0.05) is 40.7 Å². The number of hydrogen-bond donors (Lipinski definition) is 3. The summed E-state index contributed by atoms with van der Waals surface area (Å²) in [4.78, 5) is 11.2. The van der Waals surface area contributed by atoms with Crippen molar-refractivity contribution in [1.82, 2.24) is 14.8 Å². The summed E-state index contributed by atoms with van der Waals surface area (Å²) in [5.74, 6) is 0.550. The fraction of sp³-hybridized carbons (Fsp3) is 0.182. The SMILES string of the molecule is Cn1c(SCc2ccc(/C(N)=N/O)cc2Cl)n[nH]c1=O. The largest absolute Gasteiger partial charge is 0.409 e. The van der Waals surface area contributed by atoms with Crippen molar-refractivity contribution in [2.24, 2.45) is 17.9 Å². The quantitative estimate of drug-likeness (QED) is 0.258. The molecule has 1 aromatic carbocycles. The average Bonchev–Trinajstić information content (AvgIpc) is 2.76. The standard InChI is InChI=1S/C11H12ClN5O2S/c1-17-10(18)14-15-11(17)20-5-7-3-2-6(4-8(7)12)9(13)16-19/h2-4,19H,5H2,1H3,(H2,13,16)(H,14,18). The second-order valence-corrected chi connectivity index (χ2v) is 5.30. The first-order valence-corrected chi connectivity index (χ1v) is 6.89. The molecule has 0 amide bonds. The van der Waals surface area contributed by atoms with Crippen LogP contribution in [0.1, 0.15) is 11.1 Å². The first kappa shape index (κ1) is 14.5. The molecule has 0 saturated carbocycles. The van der Waals surface area contributed by atoms with E-state index in [4.69, 9.17) is 22.5 Å². The molecule has 0 aliphatic carbocycles. The number of thioether (sulfide) groups is 1. The minimum atomic E-state index is -0.263. The van der Waals surface area contributed by atoms with Gasteiger partial charge in [-0.15, -0.1) is 5.10 Å². The molecule has 0 radical (unpaired) electrons. The number of benzene rings is 1. The zero-order valence-electron chi connectivity index (χ0n) is 10.5. The van der Waals surface area contributed by atoms with Gasteiger partial charge < -0.3 is 10.9 Å². The van der Waals surface area contributed by atoms with Gasteiger partial charge in [0.15, 0.2) is 11.0 Å². The molecule has 9 heteroatoms. The molecule has 0 saturated heterocycles. The molecule has 0 aliphatic rings. The zero-order chi connectivity index (χ0) is 14.7. The molecular weight excluding hydrogens is 302 g/mol. The van der Waals surface area contributed by atoms with Crippen LogP contribution in [0.5, 0.6) is 0 Å². The average molecular weight is 314 g/mol. The van der Waals surface area contributed by atoms with Crippen molar-refractivity contribution in [3.05, 3.63) is 44.8 Å². The molecule has 0 aliphatic heterocycles. The van der Waals surface area contributed by atoms with Crippen molar-refractivity contribution in [1.29, 1.82) is 0 Å². The molecule has 0 fully saturated rings. The van der Waals surface area contributed by atoms with E-state index in [0.29, 0.717) is 21.5 Å². The van der Waals surface area contributed by atoms with Crippen LogP contribution in [0.3, 0.4) is 0 Å². The first-order chi connectivity index (χ1) is 9.52. The molecule has 0 unspecified atom stereocenters. The van der Waals surface area contributed by atoms with E-state index in [1.807, 2.05) is 0 Å². The number of halogens is 1. The van der Waals surface area contributed by atoms with Crippen LogP contribution in [0.15, 0.2) is 33.3 Å². The summed E-state index contributed by atoms with van der Waals surface area (Å²) in [6, 6.07) is 5.12. The van der Waals surface area contributed by atoms with E-state index in [1.54, 1.807) is 25.2 Å². The molecule has 2 rings (SSSR count). The van der Waals surface area contributed by atoms with Crippen LogP contribution < -0.4 is 11.4 Å². The number of hydrogen-bond acceptors (Lipinski definition) is 5. The third-order valence-electron chi connectivity index (χ3n) is 2.65. The number of amidine groups is 1. The molecule has 0 bridgehead atoms. The Balaban J connectivity index is 2.14. The summed E-state index contributed by atoms with van der Waals surface area (Å²) in [6.45, 7) is 0. The molecule has 7 nitrogen and oxygen atoms in total. The normalized spacial score (nSPS) is 11.8. The number of nitrogens with two attached hydrogens (primary N) is 1. The lowest BCUT2D eigenvalue weighted by molar-refractivity contribution is 0.318. The van der Waals surface area contributed by atoms with E-state index in [9.17, 15) is 4.79 Å². The maximum absolute atomic E-state index is 11.2. The van der Waals surface area contributed by atoms with Crippen molar-refractivity contribution >= 4 is 29.2 Å². The molecule has 1 heterocycles. The molecule has 1 aromatic heterocycles. The molecule has 2 aromatic rings. The predicted molar refractivity (Wildman–Crippen MR) is 77.4 cm³/mol. The monoisotopic (exact) mass is 313 g/mol. The van der Waals surface area contributed by atoms with Gasteiger partial charge in [0.05, 0.1) is 0 Å². The van der Waals surface area contributed by atoms with Crippen molar-refractivity contribution < 1.29 is 5.21 Å². The van der Waals surface area contributed by atoms with Gasteiger partial charge in [0.1, 0.15) is 0 Å². The van der Waals surface area contributed by atoms with Crippen LogP contribution in [-0.4, -0.2) is 25.8 Å². The van der Waals surface area contributed by atoms with Gasteiger partial charge in [0.25, 0.3) is 0 Å². The number of oxime groups is 1. The Labute approximate surface area is 123 Å². The van der Waals surface area contributed by atoms with E-state index in [-0.39, 0.29) is 11.5 Å². The topological polar surface area (TPSA) is 109 Å². The van der Waals surface area contributed by atoms with Crippen LogP contribution in [0.25, 0.3) is 0 Å². The van der Waals surface area contributed by atoms with Gasteiger partial charge in [0.2, 0.25) is 0 Å². The Morgan fingerprint density at radius 2 is 2.40 bits per heavy atom. The summed E-state index contributed by atoms with van der Waals surface area (Å²) in [6.07, 6.45) is 0. The van der Waals surface area contributed by atoms with Crippen molar-refractivity contribution in [2.75, 3.05) is 0 Å². The fourth-order valence-corrected chi connectivity index (χ4v) is 2.74. The van der Waals surface area contributed by atoms with Gasteiger partial charge in [0, 0.05) is 23.4 Å². The van der Waals surface area contributed by atoms with E-state index < -0.39 is 0 Å². The lowest BCUT2D eigenvalue weighted by Gasteiger charge is -2.06. The summed E-state index contributed by atoms with van der Waals surface area (Å²) in [5, 5.41) is 18.9. The van der Waals surface area contributed by atoms with Gasteiger partial charge in [-0.3, -0.25) is 4.57 Å². The highest BCUT2D eigenvalue weighted by atomic mass is 35.5. The van der Waals surface area contributed by atoms with Gasteiger partial charge in [-0.05, 0) is 11.6 Å². The van der Waals surface area contributed by atoms with Gasteiger partial charge in [-0.25, -0.2) is 9.89 Å². The summed E-state index contributed by atoms with van der Waals surface area (Å²) < 4.78 is 1.42. The van der Waals surface area contributed by atoms with Crippen molar-refractivity contribution in [3.8, 4) is 0 Å². The van der Waals surface area contributed by atoms with Crippen LogP contribution >= 0.6 is 23.4 Å². The molecule has 4 N–H and O–H groups in total. The second-order valence-electron chi connectivity index (χ2n) is 3.95. The Morgan fingerprint density at radius 1 is 1.65 bits per heavy atom. The molecule has 20 heavy (non-hydrogen) atoms. The van der Waals surface area contributed by atoms with Gasteiger partial charge in [-0.2, -0.15) is 0 Å². The number of aromatic amines is 1. The van der Waals surface area contributed by atoms with E-state index in [0.717, 1.165) is 5.56 Å². The highest BCUT2D eigenvalue weighted by molar-refractivity contribution is 7.98. The molecule has 0 spiro atoms. The Morgan fingerprint density at radius 3 is 2.95 bits per heavy atom. The van der Waals surface area contributed by atoms with Crippen LogP contribution in [0.2, 0.25) is 5.02 Å². The highest BCUT2D eigenvalue weighted by Crippen LogP contribution is 2.25. The lowest BCUT2D eigenvalue weighted by atomic mass is 10.1. The summed E-state index contributed by atoms with van der Waals surface area (Å²) >= 11 is 7.52. The third-order valence-corrected chi connectivity index (χ3v) is 4.08. The maximum Gasteiger partial charge on any atom is 0.343 e. The van der Waals surface area contributed by atoms with E-state index in [1.165, 1.54) is 16.3 Å². The van der Waals surface area contributed by atoms with Crippen LogP contribution in [0, 0.1) is 0 Å². The number of nitrogens with one attached hydrogen (secondary N) is 1. The summed E-state index contributed by atoms with van der Waals surface area (Å²) in [7, 11) is 1.64. The molecule has 106 valence electrons. The highest BCUT2D eigenvalue weighted by Gasteiger charge is 2.09. The number of aromatic nitrogens is 3. The first-order valence-electron chi connectivity index (χ1n) is 5.53. The minimum absolute atomic E-state index is 0.000742. The minimum Gasteiger partial charge on any atom is -0.409 e. The summed E-state index contributed by atoms with van der Waals surface area (Å²) in [5.41, 5.74) is 6.62. The fourth-order valence-electron chi connectivity index (χ4n) is 1.49. The smallest absolute Gasteiger partial charge is 0.343 e. The maximum atomic E-state index is 11.2. The third kappa shape index (κ3) is 2.97. The molecule has 0 atom stereocenters. The second kappa shape index (κ2) is 6.02. The Bertz CT molecular complexity index is 709. The van der Waals surface area contributed by atoms with E-state index in [2.05, 4.69) is 15.4 Å². The van der Waals surface area contributed by atoms with Crippen LogP contribution in [-0.2, 0) is 12.8 Å². The lowest BCUT2D eigenvalue weighted by Crippen LogP contribution is -2.13. The van der Waals surface area contributed by atoms with Crippen molar-refractivity contribution in [3.63, 3.8) is 0 Å². The van der Waals surface area contributed by atoms with Crippen LogP contribution in [0.4, 0.5) is 0 Å². The number of H-pyrrole nitrogens is 1. The van der Waals surface area contributed by atoms with Crippen molar-refractivity contribution in [2.45, 2.75) is 10.9 Å². The Hall–Kier alpha value is -1.93. The van der Waals surface area contributed by atoms with Gasteiger partial charge >= 0.3 is 5.69 Å². The number of rotatable bonds is 4. The molecular formula is C11H12ClN5O2S.